The Balaban J connectivity index is 2.59. The van der Waals surface area contributed by atoms with Crippen LogP contribution in [0.25, 0.3) is 0 Å². The molecule has 0 heterocycles. The highest BCUT2D eigenvalue weighted by molar-refractivity contribution is 6.31. The molecular weight excluding hydrogens is 264 g/mol. The van der Waals surface area contributed by atoms with Gasteiger partial charge in [-0.15, -0.1) is 0 Å². The van der Waals surface area contributed by atoms with E-state index in [0.29, 0.717) is 11.4 Å². The average molecular weight is 285 g/mol. The highest BCUT2D eigenvalue weighted by atomic mass is 35.5. The number of ether oxygens (including phenoxy) is 1. The maximum absolute atomic E-state index is 11.7. The topological polar surface area (TPSA) is 46.5 Å². The average Bonchev–Trinajstić information content (AvgIpc) is 2.29. The minimum atomic E-state index is -0.476. The molecule has 0 amide bonds. The summed E-state index contributed by atoms with van der Waals surface area (Å²) in [6.45, 7) is 5.47. The van der Waals surface area contributed by atoms with Crippen LogP contribution in [-0.2, 0) is 9.53 Å². The molecule has 1 unspecified atom stereocenters. The number of hydrogen-bond donors (Lipinski definition) is 1. The zero-order chi connectivity index (χ0) is 14.5. The molecule has 1 aromatic rings. The Kier molecular flexibility index (Phi) is 5.83. The van der Waals surface area contributed by atoms with Crippen LogP contribution in [0.2, 0.25) is 5.02 Å². The summed E-state index contributed by atoms with van der Waals surface area (Å²) < 4.78 is 5.25. The minimum Gasteiger partial charge on any atom is -0.460 e. The van der Waals surface area contributed by atoms with Gasteiger partial charge in [0.05, 0.1) is 0 Å². The smallest absolute Gasteiger partial charge is 0.306 e. The monoisotopic (exact) mass is 284 g/mol. The van der Waals surface area contributed by atoms with Crippen molar-refractivity contribution in [3.63, 3.8) is 0 Å². The molecule has 0 radical (unpaired) electrons. The van der Waals surface area contributed by atoms with Gasteiger partial charge in [0.15, 0.2) is 0 Å². The van der Waals surface area contributed by atoms with Crippen molar-refractivity contribution >= 4 is 17.6 Å². The van der Waals surface area contributed by atoms with E-state index in [1.165, 1.54) is 0 Å². The van der Waals surface area contributed by atoms with E-state index in [-0.39, 0.29) is 24.9 Å². The Morgan fingerprint density at radius 1 is 1.37 bits per heavy atom. The van der Waals surface area contributed by atoms with Gasteiger partial charge in [0.1, 0.15) is 5.60 Å². The SMILES string of the molecule is CC(C)(C)OC(=O)CCC(CO)c1ccccc1Cl. The van der Waals surface area contributed by atoms with Gasteiger partial charge in [-0.05, 0) is 38.8 Å². The number of rotatable bonds is 5. The Labute approximate surface area is 119 Å². The van der Waals surface area contributed by atoms with E-state index in [0.717, 1.165) is 5.56 Å². The van der Waals surface area contributed by atoms with Crippen LogP contribution in [0.5, 0.6) is 0 Å². The van der Waals surface area contributed by atoms with Crippen molar-refractivity contribution in [2.75, 3.05) is 6.61 Å². The molecule has 0 bridgehead atoms. The summed E-state index contributed by atoms with van der Waals surface area (Å²) in [6, 6.07) is 7.37. The third-order valence-corrected chi connectivity index (χ3v) is 3.03. The number of carbonyl (C=O) groups is 1. The van der Waals surface area contributed by atoms with Crippen LogP contribution in [0.15, 0.2) is 24.3 Å². The van der Waals surface area contributed by atoms with Gasteiger partial charge in [0.2, 0.25) is 0 Å². The summed E-state index contributed by atoms with van der Waals surface area (Å²) in [4.78, 5) is 11.7. The molecule has 1 rings (SSSR count). The first kappa shape index (κ1) is 16.0. The van der Waals surface area contributed by atoms with Crippen molar-refractivity contribution in [3.05, 3.63) is 34.9 Å². The molecule has 0 aliphatic carbocycles. The van der Waals surface area contributed by atoms with Crippen molar-refractivity contribution in [1.82, 2.24) is 0 Å². The summed E-state index contributed by atoms with van der Waals surface area (Å²) in [5.74, 6) is -0.390. The van der Waals surface area contributed by atoms with E-state index in [9.17, 15) is 9.90 Å². The molecule has 1 aromatic carbocycles. The van der Waals surface area contributed by atoms with E-state index in [1.807, 2.05) is 39.0 Å². The fourth-order valence-corrected chi connectivity index (χ4v) is 2.13. The maximum atomic E-state index is 11.7. The fourth-order valence-electron chi connectivity index (χ4n) is 1.84. The molecule has 106 valence electrons. The molecule has 0 spiro atoms. The Bertz CT molecular complexity index is 424. The standard InChI is InChI=1S/C15H21ClO3/c1-15(2,3)19-14(18)9-8-11(10-17)12-6-4-5-7-13(12)16/h4-7,11,17H,8-10H2,1-3H3. The van der Waals surface area contributed by atoms with Gasteiger partial charge < -0.3 is 9.84 Å². The van der Waals surface area contributed by atoms with Gasteiger partial charge in [-0.1, -0.05) is 29.8 Å². The number of benzene rings is 1. The van der Waals surface area contributed by atoms with Crippen LogP contribution in [0.1, 0.15) is 45.1 Å². The summed E-state index contributed by atoms with van der Waals surface area (Å²) in [6.07, 6.45) is 0.795. The Morgan fingerprint density at radius 3 is 2.53 bits per heavy atom. The van der Waals surface area contributed by atoms with Gasteiger partial charge in [-0.2, -0.15) is 0 Å². The first-order valence-electron chi connectivity index (χ1n) is 6.40. The Hall–Kier alpha value is -1.06. The largest absolute Gasteiger partial charge is 0.460 e. The second-order valence-corrected chi connectivity index (χ2v) is 5.93. The third kappa shape index (κ3) is 5.62. The van der Waals surface area contributed by atoms with Crippen LogP contribution < -0.4 is 0 Å². The fraction of sp³-hybridized carbons (Fsp3) is 0.533. The third-order valence-electron chi connectivity index (χ3n) is 2.68. The number of aliphatic hydroxyl groups excluding tert-OH is 1. The second-order valence-electron chi connectivity index (χ2n) is 5.53. The van der Waals surface area contributed by atoms with Crippen molar-refractivity contribution in [1.29, 1.82) is 0 Å². The predicted octanol–water partition coefficient (Wildman–Crippen LogP) is 3.54. The summed E-state index contributed by atoms with van der Waals surface area (Å²) in [5, 5.41) is 10.1. The van der Waals surface area contributed by atoms with E-state index in [2.05, 4.69) is 0 Å². The van der Waals surface area contributed by atoms with Crippen molar-refractivity contribution in [2.24, 2.45) is 0 Å². The molecule has 0 saturated carbocycles. The lowest BCUT2D eigenvalue weighted by Crippen LogP contribution is -2.24. The highest BCUT2D eigenvalue weighted by Crippen LogP contribution is 2.28. The molecule has 0 aliphatic rings. The first-order chi connectivity index (χ1) is 8.83. The molecule has 3 nitrogen and oxygen atoms in total. The maximum Gasteiger partial charge on any atom is 0.306 e. The van der Waals surface area contributed by atoms with Crippen LogP contribution in [0.3, 0.4) is 0 Å². The van der Waals surface area contributed by atoms with E-state index in [1.54, 1.807) is 6.07 Å². The van der Waals surface area contributed by atoms with Gasteiger partial charge >= 0.3 is 5.97 Å². The predicted molar refractivity (Wildman–Crippen MR) is 76.4 cm³/mol. The number of carbonyl (C=O) groups excluding carboxylic acids is 1. The van der Waals surface area contributed by atoms with E-state index >= 15 is 0 Å². The second kappa shape index (κ2) is 6.92. The quantitative estimate of drug-likeness (QED) is 0.841. The van der Waals surface area contributed by atoms with Crippen LogP contribution in [0.4, 0.5) is 0 Å². The lowest BCUT2D eigenvalue weighted by atomic mass is 9.95. The molecule has 1 atom stereocenters. The summed E-state index contributed by atoms with van der Waals surface area (Å²) in [7, 11) is 0. The number of aliphatic hydroxyl groups is 1. The molecular formula is C15H21ClO3. The molecule has 0 fully saturated rings. The normalized spacial score (nSPS) is 13.1. The van der Waals surface area contributed by atoms with Crippen LogP contribution in [-0.4, -0.2) is 23.3 Å². The molecule has 4 heteroatoms. The Morgan fingerprint density at radius 2 is 2.00 bits per heavy atom. The number of esters is 1. The zero-order valence-electron chi connectivity index (χ0n) is 11.6. The summed E-state index contributed by atoms with van der Waals surface area (Å²) in [5.41, 5.74) is 0.395. The number of hydrogen-bond acceptors (Lipinski definition) is 3. The van der Waals surface area contributed by atoms with Crippen molar-refractivity contribution in [3.8, 4) is 0 Å². The zero-order valence-corrected chi connectivity index (χ0v) is 12.4. The molecule has 0 aromatic heterocycles. The highest BCUT2D eigenvalue weighted by Gasteiger charge is 2.19. The van der Waals surface area contributed by atoms with Crippen LogP contribution in [0, 0.1) is 0 Å². The van der Waals surface area contributed by atoms with E-state index < -0.39 is 5.60 Å². The van der Waals surface area contributed by atoms with Gasteiger partial charge in [-0.3, -0.25) is 4.79 Å². The lowest BCUT2D eigenvalue weighted by molar-refractivity contribution is -0.155. The van der Waals surface area contributed by atoms with Crippen molar-refractivity contribution < 1.29 is 14.6 Å². The number of halogens is 1. The molecule has 1 N–H and O–H groups in total. The van der Waals surface area contributed by atoms with Crippen LogP contribution >= 0.6 is 11.6 Å². The van der Waals surface area contributed by atoms with Gasteiger partial charge in [0.25, 0.3) is 0 Å². The first-order valence-corrected chi connectivity index (χ1v) is 6.78. The van der Waals surface area contributed by atoms with E-state index in [4.69, 9.17) is 16.3 Å². The molecule has 0 saturated heterocycles. The molecule has 0 aliphatic heterocycles. The molecule has 19 heavy (non-hydrogen) atoms. The van der Waals surface area contributed by atoms with Gasteiger partial charge in [0, 0.05) is 24.0 Å². The van der Waals surface area contributed by atoms with Gasteiger partial charge in [-0.25, -0.2) is 0 Å². The minimum absolute atomic E-state index is 0.0352. The summed E-state index contributed by atoms with van der Waals surface area (Å²) >= 11 is 6.09. The van der Waals surface area contributed by atoms with Crippen molar-refractivity contribution in [2.45, 2.75) is 45.1 Å². The lowest BCUT2D eigenvalue weighted by Gasteiger charge is -2.21.